The van der Waals surface area contributed by atoms with Gasteiger partial charge in [0.25, 0.3) is 12.3 Å². The topological polar surface area (TPSA) is 78.5 Å². The summed E-state index contributed by atoms with van der Waals surface area (Å²) in [4.78, 5) is 37.8. The summed E-state index contributed by atoms with van der Waals surface area (Å²) < 4.78 is 39.4. The highest BCUT2D eigenvalue weighted by Gasteiger charge is 2.55. The molecular weight excluding hydrogens is 363 g/mol. The highest BCUT2D eigenvalue weighted by molar-refractivity contribution is 6.07. The van der Waals surface area contributed by atoms with Gasteiger partial charge in [0, 0.05) is 19.5 Å². The number of amides is 4. The SMILES string of the molecule is O=C1NC(=O)[C@](CCC(=O)N2Cc3cc(F)c(C(F)F)cc3C2)(C2CC2)N1. The van der Waals surface area contributed by atoms with Crippen molar-refractivity contribution in [2.45, 2.75) is 50.7 Å². The molecule has 2 N–H and O–H groups in total. The number of carbonyl (C=O) groups excluding carboxylic acids is 3. The Balaban J connectivity index is 1.44. The summed E-state index contributed by atoms with van der Waals surface area (Å²) in [6, 6.07) is 1.61. The number of fused-ring (bicyclic) bond motifs is 1. The first-order valence-corrected chi connectivity index (χ1v) is 8.81. The summed E-state index contributed by atoms with van der Waals surface area (Å²) in [7, 11) is 0. The van der Waals surface area contributed by atoms with E-state index in [-0.39, 0.29) is 37.8 Å². The number of halogens is 3. The zero-order valence-corrected chi connectivity index (χ0v) is 14.4. The minimum atomic E-state index is -2.91. The van der Waals surface area contributed by atoms with Gasteiger partial charge < -0.3 is 10.2 Å². The number of rotatable bonds is 5. The first-order valence-electron chi connectivity index (χ1n) is 8.81. The fraction of sp³-hybridized carbons (Fsp3) is 0.500. The average Bonchev–Trinajstić information content (AvgIpc) is 3.30. The molecule has 1 saturated carbocycles. The lowest BCUT2D eigenvalue weighted by Crippen LogP contribution is -2.49. The van der Waals surface area contributed by atoms with Crippen LogP contribution in [-0.4, -0.2) is 28.3 Å². The van der Waals surface area contributed by atoms with Crippen molar-refractivity contribution in [2.75, 3.05) is 0 Å². The van der Waals surface area contributed by atoms with Crippen LogP contribution in [-0.2, 0) is 22.7 Å². The molecule has 0 radical (unpaired) electrons. The summed E-state index contributed by atoms with van der Waals surface area (Å²) in [6.45, 7) is 0.271. The normalized spacial score (nSPS) is 24.2. The van der Waals surface area contributed by atoms with Crippen LogP contribution in [0.3, 0.4) is 0 Å². The zero-order chi connectivity index (χ0) is 19.3. The molecule has 3 aliphatic rings. The monoisotopic (exact) mass is 381 g/mol. The second-order valence-corrected chi connectivity index (χ2v) is 7.35. The van der Waals surface area contributed by atoms with E-state index in [0.717, 1.165) is 25.0 Å². The van der Waals surface area contributed by atoms with Crippen LogP contribution in [0.4, 0.5) is 18.0 Å². The first-order chi connectivity index (χ1) is 12.8. The molecule has 0 bridgehead atoms. The number of nitrogens with one attached hydrogen (secondary N) is 2. The maximum absolute atomic E-state index is 13.7. The highest BCUT2D eigenvalue weighted by atomic mass is 19.3. The van der Waals surface area contributed by atoms with E-state index < -0.39 is 35.3 Å². The predicted octanol–water partition coefficient (Wildman–Crippen LogP) is 2.37. The van der Waals surface area contributed by atoms with E-state index in [1.807, 2.05) is 0 Å². The molecule has 1 aliphatic carbocycles. The van der Waals surface area contributed by atoms with Gasteiger partial charge in [-0.1, -0.05) is 0 Å². The number of imide groups is 1. The van der Waals surface area contributed by atoms with Gasteiger partial charge in [-0.2, -0.15) is 0 Å². The number of hydrogen-bond acceptors (Lipinski definition) is 3. The number of carbonyl (C=O) groups is 3. The van der Waals surface area contributed by atoms with Crippen LogP contribution in [0, 0.1) is 11.7 Å². The molecule has 144 valence electrons. The molecule has 6 nitrogen and oxygen atoms in total. The van der Waals surface area contributed by atoms with Crippen molar-refractivity contribution in [2.24, 2.45) is 5.92 Å². The third-order valence-electron chi connectivity index (χ3n) is 5.61. The molecule has 4 rings (SSSR count). The zero-order valence-electron chi connectivity index (χ0n) is 14.4. The van der Waals surface area contributed by atoms with Crippen LogP contribution in [0.2, 0.25) is 0 Å². The van der Waals surface area contributed by atoms with Gasteiger partial charge in [0.2, 0.25) is 5.91 Å². The van der Waals surface area contributed by atoms with Gasteiger partial charge in [-0.05, 0) is 48.4 Å². The van der Waals surface area contributed by atoms with Gasteiger partial charge >= 0.3 is 6.03 Å². The molecule has 2 fully saturated rings. The second-order valence-electron chi connectivity index (χ2n) is 7.35. The molecule has 1 saturated heterocycles. The number of urea groups is 1. The third-order valence-corrected chi connectivity index (χ3v) is 5.61. The molecule has 9 heteroatoms. The standard InChI is InChI=1S/C18H18F3N3O3/c19-13-6-10-8-24(7-9(10)5-12(13)15(20)21)14(25)3-4-18(11-1-2-11)16(26)22-17(27)23-18/h5-6,11,15H,1-4,7-8H2,(H2,22,23,26,27)/t18-/m0/s1. The van der Waals surface area contributed by atoms with Gasteiger partial charge in [0.1, 0.15) is 11.4 Å². The molecule has 2 heterocycles. The molecule has 27 heavy (non-hydrogen) atoms. The molecular formula is C18H18F3N3O3. The Morgan fingerprint density at radius 1 is 1.22 bits per heavy atom. The number of hydrogen-bond donors (Lipinski definition) is 2. The smallest absolute Gasteiger partial charge is 0.322 e. The maximum Gasteiger partial charge on any atom is 0.322 e. The van der Waals surface area contributed by atoms with Gasteiger partial charge in [0.15, 0.2) is 0 Å². The first kappa shape index (κ1) is 17.8. The summed E-state index contributed by atoms with van der Waals surface area (Å²) in [5.41, 5.74) is -0.701. The molecule has 0 unspecified atom stereocenters. The molecule has 1 aromatic rings. The largest absolute Gasteiger partial charge is 0.334 e. The highest BCUT2D eigenvalue weighted by Crippen LogP contribution is 2.44. The summed E-state index contributed by atoms with van der Waals surface area (Å²) in [5.74, 6) is -1.62. The van der Waals surface area contributed by atoms with Crippen LogP contribution in [0.1, 0.15) is 48.8 Å². The van der Waals surface area contributed by atoms with E-state index in [1.54, 1.807) is 0 Å². The van der Waals surface area contributed by atoms with Crippen LogP contribution in [0.25, 0.3) is 0 Å². The van der Waals surface area contributed by atoms with Gasteiger partial charge in [-0.15, -0.1) is 0 Å². The van der Waals surface area contributed by atoms with Crippen LogP contribution in [0.5, 0.6) is 0 Å². The van der Waals surface area contributed by atoms with Gasteiger partial charge in [-0.25, -0.2) is 18.0 Å². The van der Waals surface area contributed by atoms with E-state index in [1.165, 1.54) is 4.90 Å². The molecule has 4 amide bonds. The molecule has 1 atom stereocenters. The maximum atomic E-state index is 13.7. The average molecular weight is 381 g/mol. The Labute approximate surface area is 153 Å². The predicted molar refractivity (Wildman–Crippen MR) is 87.0 cm³/mol. The third kappa shape index (κ3) is 3.04. The Bertz CT molecular complexity index is 841. The quantitative estimate of drug-likeness (QED) is 0.769. The van der Waals surface area contributed by atoms with E-state index in [4.69, 9.17) is 0 Å². The number of alkyl halides is 2. The molecule has 2 aliphatic heterocycles. The van der Waals surface area contributed by atoms with Crippen molar-refractivity contribution in [1.29, 1.82) is 0 Å². The Morgan fingerprint density at radius 2 is 1.89 bits per heavy atom. The number of nitrogens with zero attached hydrogens (tertiary/aromatic N) is 1. The van der Waals surface area contributed by atoms with Crippen molar-refractivity contribution in [1.82, 2.24) is 15.5 Å². The van der Waals surface area contributed by atoms with Crippen LogP contribution >= 0.6 is 0 Å². The van der Waals surface area contributed by atoms with Gasteiger partial charge in [-0.3, -0.25) is 14.9 Å². The Hall–Kier alpha value is -2.58. The van der Waals surface area contributed by atoms with Gasteiger partial charge in [0.05, 0.1) is 5.56 Å². The lowest BCUT2D eigenvalue weighted by atomic mass is 9.88. The Kier molecular flexibility index (Phi) is 4.12. The summed E-state index contributed by atoms with van der Waals surface area (Å²) in [5, 5.41) is 4.90. The molecule has 0 aromatic heterocycles. The summed E-state index contributed by atoms with van der Waals surface area (Å²) >= 11 is 0. The lowest BCUT2D eigenvalue weighted by Gasteiger charge is -2.26. The van der Waals surface area contributed by atoms with Crippen molar-refractivity contribution in [3.63, 3.8) is 0 Å². The van der Waals surface area contributed by atoms with E-state index in [2.05, 4.69) is 10.6 Å². The summed E-state index contributed by atoms with van der Waals surface area (Å²) in [6.07, 6.45) is -1.08. The fourth-order valence-electron chi connectivity index (χ4n) is 3.99. The van der Waals surface area contributed by atoms with E-state index in [9.17, 15) is 27.6 Å². The molecule has 1 aromatic carbocycles. The van der Waals surface area contributed by atoms with Crippen molar-refractivity contribution in [3.05, 3.63) is 34.6 Å². The number of benzene rings is 1. The van der Waals surface area contributed by atoms with Crippen molar-refractivity contribution in [3.8, 4) is 0 Å². The van der Waals surface area contributed by atoms with Crippen molar-refractivity contribution < 1.29 is 27.6 Å². The fourth-order valence-corrected chi connectivity index (χ4v) is 3.99. The van der Waals surface area contributed by atoms with Crippen LogP contribution < -0.4 is 10.6 Å². The molecule has 0 spiro atoms. The lowest BCUT2D eigenvalue weighted by molar-refractivity contribution is -0.133. The second kappa shape index (κ2) is 6.24. The minimum absolute atomic E-state index is 0.0234. The van der Waals surface area contributed by atoms with E-state index in [0.29, 0.717) is 11.1 Å². The van der Waals surface area contributed by atoms with E-state index >= 15 is 0 Å². The minimum Gasteiger partial charge on any atom is -0.334 e. The Morgan fingerprint density at radius 3 is 2.44 bits per heavy atom. The van der Waals surface area contributed by atoms with Crippen LogP contribution in [0.15, 0.2) is 12.1 Å². The van der Waals surface area contributed by atoms with Crippen molar-refractivity contribution >= 4 is 17.8 Å².